The molecule has 1 aliphatic heterocycles. The van der Waals surface area contributed by atoms with Crippen molar-refractivity contribution < 1.29 is 9.21 Å². The molecule has 1 unspecified atom stereocenters. The molecule has 3 aromatic rings. The van der Waals surface area contributed by atoms with E-state index in [2.05, 4.69) is 20.9 Å². The molecule has 0 N–H and O–H groups in total. The summed E-state index contributed by atoms with van der Waals surface area (Å²) in [6.45, 7) is 1.16. The Morgan fingerprint density at radius 2 is 2.07 bits per heavy atom. The van der Waals surface area contributed by atoms with E-state index in [0.29, 0.717) is 29.6 Å². The molecular weight excluding hydrogens is 410 g/mol. The Morgan fingerprint density at radius 3 is 2.78 bits per heavy atom. The minimum Gasteiger partial charge on any atom is -0.450 e. The molecule has 0 spiro atoms. The summed E-state index contributed by atoms with van der Waals surface area (Å²) in [5.41, 5.74) is 1.42. The first kappa shape index (κ1) is 17.9. The van der Waals surface area contributed by atoms with Crippen LogP contribution >= 0.6 is 15.9 Å². The molecule has 138 valence electrons. The van der Waals surface area contributed by atoms with Crippen molar-refractivity contribution >= 4 is 32.8 Å². The second kappa shape index (κ2) is 6.90. The van der Waals surface area contributed by atoms with Gasteiger partial charge in [0.05, 0.1) is 17.0 Å². The molecule has 27 heavy (non-hydrogen) atoms. The zero-order chi connectivity index (χ0) is 19.1. The highest BCUT2D eigenvalue weighted by molar-refractivity contribution is 9.10. The van der Waals surface area contributed by atoms with E-state index in [1.807, 2.05) is 25.1 Å². The lowest BCUT2D eigenvalue weighted by Gasteiger charge is -2.26. The van der Waals surface area contributed by atoms with Gasteiger partial charge in [0.15, 0.2) is 5.43 Å². The number of rotatable bonds is 4. The van der Waals surface area contributed by atoms with Gasteiger partial charge >= 0.3 is 0 Å². The van der Waals surface area contributed by atoms with Crippen molar-refractivity contribution in [2.45, 2.75) is 6.04 Å². The first-order valence-electron chi connectivity index (χ1n) is 8.59. The molecule has 1 atom stereocenters. The Kier molecular flexibility index (Phi) is 4.57. The molecule has 1 aromatic carbocycles. The topological polar surface area (TPSA) is 66.7 Å². The number of pyridine rings is 1. The Bertz CT molecular complexity index is 1080. The molecule has 1 aliphatic rings. The lowest BCUT2D eigenvalue weighted by molar-refractivity contribution is 0.0716. The molecule has 0 aliphatic carbocycles. The van der Waals surface area contributed by atoms with Crippen LogP contribution in [-0.2, 0) is 0 Å². The average molecular weight is 428 g/mol. The zero-order valence-corrected chi connectivity index (χ0v) is 16.6. The predicted molar refractivity (Wildman–Crippen MR) is 106 cm³/mol. The molecule has 4 rings (SSSR count). The Labute approximate surface area is 164 Å². The highest BCUT2D eigenvalue weighted by atomic mass is 79.9. The number of likely N-dealkylation sites (N-methyl/N-ethyl adjacent to an activating group) is 1. The van der Waals surface area contributed by atoms with Crippen LogP contribution in [-0.4, -0.2) is 47.9 Å². The largest absolute Gasteiger partial charge is 0.450 e. The van der Waals surface area contributed by atoms with Gasteiger partial charge in [-0.25, -0.2) is 0 Å². The lowest BCUT2D eigenvalue weighted by Crippen LogP contribution is -2.35. The van der Waals surface area contributed by atoms with E-state index in [1.165, 1.54) is 0 Å². The summed E-state index contributed by atoms with van der Waals surface area (Å²) >= 11 is 3.40. The summed E-state index contributed by atoms with van der Waals surface area (Å²) < 4.78 is 6.68. The van der Waals surface area contributed by atoms with Gasteiger partial charge in [-0.3, -0.25) is 14.6 Å². The number of amides is 1. The molecule has 7 heteroatoms. The number of benzene rings is 1. The van der Waals surface area contributed by atoms with Crippen molar-refractivity contribution in [2.75, 3.05) is 27.2 Å². The molecule has 2 aromatic heterocycles. The minimum atomic E-state index is -0.499. The summed E-state index contributed by atoms with van der Waals surface area (Å²) in [6, 6.07) is 8.42. The quantitative estimate of drug-likeness (QED) is 0.639. The summed E-state index contributed by atoms with van der Waals surface area (Å²) in [6.07, 6.45) is 3.37. The Balaban J connectivity index is 1.95. The van der Waals surface area contributed by atoms with Crippen molar-refractivity contribution in [1.29, 1.82) is 0 Å². The number of aromatic nitrogens is 1. The number of hydrogen-bond donors (Lipinski definition) is 0. The molecule has 3 heterocycles. The van der Waals surface area contributed by atoms with E-state index in [4.69, 9.17) is 4.42 Å². The molecule has 0 bridgehead atoms. The van der Waals surface area contributed by atoms with Gasteiger partial charge < -0.3 is 14.2 Å². The number of carbonyl (C=O) groups is 1. The smallest absolute Gasteiger partial charge is 0.290 e. The maximum absolute atomic E-state index is 13.3. The van der Waals surface area contributed by atoms with E-state index >= 15 is 0 Å². The number of fused-ring (bicyclic) bond motifs is 2. The van der Waals surface area contributed by atoms with Crippen LogP contribution in [0.25, 0.3) is 11.0 Å². The highest BCUT2D eigenvalue weighted by Gasteiger charge is 2.42. The molecule has 0 saturated heterocycles. The SMILES string of the molecule is CN(C)CCN1C(=O)c2oc3ccc(Br)cc3c(=O)c2C1c1cccnc1. The molecule has 6 nitrogen and oxygen atoms in total. The molecule has 1 amide bonds. The van der Waals surface area contributed by atoms with Crippen molar-refractivity contribution in [2.24, 2.45) is 0 Å². The molecular formula is C20H18BrN3O3. The predicted octanol–water partition coefficient (Wildman–Crippen LogP) is 3.06. The van der Waals surface area contributed by atoms with Crippen molar-refractivity contribution in [1.82, 2.24) is 14.8 Å². The van der Waals surface area contributed by atoms with Gasteiger partial charge in [-0.05, 0) is 43.9 Å². The van der Waals surface area contributed by atoms with Crippen molar-refractivity contribution in [3.63, 3.8) is 0 Å². The number of carbonyl (C=O) groups excluding carboxylic acids is 1. The summed E-state index contributed by atoms with van der Waals surface area (Å²) in [5.74, 6) is -0.134. The van der Waals surface area contributed by atoms with Gasteiger partial charge in [0.2, 0.25) is 5.76 Å². The monoisotopic (exact) mass is 427 g/mol. The minimum absolute atomic E-state index is 0.127. The first-order chi connectivity index (χ1) is 13.0. The van der Waals surface area contributed by atoms with E-state index in [9.17, 15) is 9.59 Å². The van der Waals surface area contributed by atoms with E-state index in [-0.39, 0.29) is 17.1 Å². The Hall–Kier alpha value is -2.51. The van der Waals surface area contributed by atoms with Crippen LogP contribution < -0.4 is 5.43 Å². The van der Waals surface area contributed by atoms with Crippen molar-refractivity contribution in [3.05, 3.63) is 74.3 Å². The summed E-state index contributed by atoms with van der Waals surface area (Å²) in [7, 11) is 3.89. The van der Waals surface area contributed by atoms with Gasteiger partial charge in [0.25, 0.3) is 5.91 Å². The fraction of sp³-hybridized carbons (Fsp3) is 0.250. The number of halogens is 1. The fourth-order valence-corrected chi connectivity index (χ4v) is 3.78. The highest BCUT2D eigenvalue weighted by Crippen LogP contribution is 2.37. The van der Waals surface area contributed by atoms with Gasteiger partial charge in [-0.15, -0.1) is 0 Å². The number of hydrogen-bond acceptors (Lipinski definition) is 5. The van der Waals surface area contributed by atoms with Crippen LogP contribution in [0.5, 0.6) is 0 Å². The van der Waals surface area contributed by atoms with E-state index in [0.717, 1.165) is 10.0 Å². The maximum Gasteiger partial charge on any atom is 0.290 e. The van der Waals surface area contributed by atoms with Crippen LogP contribution in [0.4, 0.5) is 0 Å². The Morgan fingerprint density at radius 1 is 1.26 bits per heavy atom. The second-order valence-corrected chi connectivity index (χ2v) is 7.72. The van der Waals surface area contributed by atoms with Crippen LogP contribution in [0.15, 0.2) is 56.4 Å². The van der Waals surface area contributed by atoms with E-state index in [1.54, 1.807) is 41.6 Å². The van der Waals surface area contributed by atoms with Gasteiger partial charge in [0.1, 0.15) is 5.58 Å². The van der Waals surface area contributed by atoms with Crippen LogP contribution in [0.2, 0.25) is 0 Å². The third-order valence-electron chi connectivity index (χ3n) is 4.72. The second-order valence-electron chi connectivity index (χ2n) is 6.81. The van der Waals surface area contributed by atoms with E-state index < -0.39 is 6.04 Å². The lowest BCUT2D eigenvalue weighted by atomic mass is 10.00. The number of nitrogens with zero attached hydrogens (tertiary/aromatic N) is 3. The van der Waals surface area contributed by atoms with Crippen LogP contribution in [0.1, 0.15) is 27.7 Å². The average Bonchev–Trinajstić information content (AvgIpc) is 2.94. The van der Waals surface area contributed by atoms with Crippen molar-refractivity contribution in [3.8, 4) is 0 Å². The van der Waals surface area contributed by atoms with Crippen LogP contribution in [0.3, 0.4) is 0 Å². The fourth-order valence-electron chi connectivity index (χ4n) is 3.42. The molecule has 0 saturated carbocycles. The van der Waals surface area contributed by atoms with Gasteiger partial charge in [-0.2, -0.15) is 0 Å². The van der Waals surface area contributed by atoms with Gasteiger partial charge in [-0.1, -0.05) is 22.0 Å². The first-order valence-corrected chi connectivity index (χ1v) is 9.38. The molecule has 0 fully saturated rings. The van der Waals surface area contributed by atoms with Crippen LogP contribution in [0, 0.1) is 0 Å². The zero-order valence-electron chi connectivity index (χ0n) is 15.0. The third kappa shape index (κ3) is 3.07. The third-order valence-corrected chi connectivity index (χ3v) is 5.21. The molecule has 0 radical (unpaired) electrons. The normalized spacial score (nSPS) is 16.4. The summed E-state index contributed by atoms with van der Waals surface area (Å²) in [4.78, 5) is 34.3. The summed E-state index contributed by atoms with van der Waals surface area (Å²) in [5, 5.41) is 0.458. The standard InChI is InChI=1S/C20H18BrN3O3/c1-23(2)8-9-24-17(12-4-3-7-22-11-12)16-18(25)14-10-13(21)5-6-15(14)27-19(16)20(24)26/h3-7,10-11,17H,8-9H2,1-2H3. The van der Waals surface area contributed by atoms with Gasteiger partial charge in [0, 0.05) is 30.0 Å². The maximum atomic E-state index is 13.3.